The van der Waals surface area contributed by atoms with Crippen LogP contribution in [0.15, 0.2) is 48.5 Å². The molecule has 1 amide bonds. The minimum atomic E-state index is -0.416. The molecule has 1 aliphatic rings. The molecule has 0 saturated carbocycles. The third-order valence-electron chi connectivity index (χ3n) is 8.39. The summed E-state index contributed by atoms with van der Waals surface area (Å²) in [6.45, 7) is 13.2. The van der Waals surface area contributed by atoms with Crippen LogP contribution in [0.2, 0.25) is 0 Å². The predicted molar refractivity (Wildman–Crippen MR) is 221 cm³/mol. The summed E-state index contributed by atoms with van der Waals surface area (Å²) in [6.07, 6.45) is 0.268. The molecule has 0 aliphatic heterocycles. The van der Waals surface area contributed by atoms with Crippen LogP contribution in [0.4, 0.5) is 4.79 Å². The van der Waals surface area contributed by atoms with Gasteiger partial charge < -0.3 is 66.9 Å². The zero-order chi connectivity index (χ0) is 40.8. The summed E-state index contributed by atoms with van der Waals surface area (Å²) < 4.78 is 71.3. The van der Waals surface area contributed by atoms with E-state index in [2.05, 4.69) is 45.5 Å². The Balaban J connectivity index is 0.927. The Morgan fingerprint density at radius 3 is 1.05 bits per heavy atom. The molecule has 0 saturated heterocycles. The number of halogens is 1. The molecule has 15 nitrogen and oxygen atoms in total. The first-order valence-corrected chi connectivity index (χ1v) is 21.5. The standard InChI is InChI=1S/C42H66BrNO14/c43-10-13-47-15-17-49-19-21-51-23-25-53-27-29-55-31-33-57-35-34-56-32-30-54-28-26-52-24-22-50-20-18-48-16-14-46-12-5-11-44-42(45)58-36-41-39-8-3-1-6-37(39)38-7-2-4-9-40(38)41/h1-4,6-9,41H,5,10-36H2,(H,44,45). The molecule has 58 heavy (non-hydrogen) atoms. The molecule has 16 heteroatoms. The summed E-state index contributed by atoms with van der Waals surface area (Å²) in [4.78, 5) is 12.3. The second kappa shape index (κ2) is 36.6. The van der Waals surface area contributed by atoms with Crippen LogP contribution in [-0.2, 0) is 61.6 Å². The van der Waals surface area contributed by atoms with Gasteiger partial charge in [0.25, 0.3) is 0 Å². The lowest BCUT2D eigenvalue weighted by Crippen LogP contribution is -2.27. The van der Waals surface area contributed by atoms with E-state index in [1.165, 1.54) is 22.3 Å². The number of rotatable bonds is 41. The fourth-order valence-corrected chi connectivity index (χ4v) is 5.82. The summed E-state index contributed by atoms with van der Waals surface area (Å²) in [5, 5.41) is 3.64. The highest BCUT2D eigenvalue weighted by atomic mass is 79.9. The predicted octanol–water partition coefficient (Wildman–Crippen LogP) is 4.51. The number of hydrogen-bond acceptors (Lipinski definition) is 14. The normalized spacial score (nSPS) is 12.2. The van der Waals surface area contributed by atoms with E-state index in [4.69, 9.17) is 61.6 Å². The highest BCUT2D eigenvalue weighted by Gasteiger charge is 2.28. The van der Waals surface area contributed by atoms with Crippen molar-refractivity contribution in [3.63, 3.8) is 0 Å². The van der Waals surface area contributed by atoms with Crippen LogP contribution in [0.25, 0.3) is 11.1 Å². The van der Waals surface area contributed by atoms with Gasteiger partial charge in [0, 0.05) is 24.4 Å². The van der Waals surface area contributed by atoms with E-state index >= 15 is 0 Å². The van der Waals surface area contributed by atoms with Gasteiger partial charge in [0.2, 0.25) is 0 Å². The topological polar surface area (TPSA) is 149 Å². The molecule has 1 N–H and O–H groups in total. The first-order valence-electron chi connectivity index (χ1n) is 20.4. The SMILES string of the molecule is O=C(NCCCOCCOCCOCCOCCOCCOCCOCCOCCOCCOCCOCCOCCBr)OCC1c2ccccc2-c2ccccc21. The molecule has 0 aromatic heterocycles. The van der Waals surface area contributed by atoms with Crippen molar-refractivity contribution >= 4 is 22.0 Å². The van der Waals surface area contributed by atoms with Gasteiger partial charge in [-0.1, -0.05) is 64.5 Å². The fraction of sp³-hybridized carbons (Fsp3) is 0.690. The second-order valence-electron chi connectivity index (χ2n) is 12.6. The molecular formula is C42H66BrNO14. The van der Waals surface area contributed by atoms with Gasteiger partial charge in [-0.05, 0) is 28.7 Å². The smallest absolute Gasteiger partial charge is 0.407 e. The van der Waals surface area contributed by atoms with Crippen molar-refractivity contribution in [1.82, 2.24) is 5.32 Å². The van der Waals surface area contributed by atoms with Gasteiger partial charge >= 0.3 is 6.09 Å². The van der Waals surface area contributed by atoms with Gasteiger partial charge in [-0.3, -0.25) is 0 Å². The molecule has 3 rings (SSSR count). The molecule has 0 fully saturated rings. The number of nitrogens with one attached hydrogen (secondary N) is 1. The molecule has 1 aliphatic carbocycles. The second-order valence-corrected chi connectivity index (χ2v) is 13.4. The summed E-state index contributed by atoms with van der Waals surface area (Å²) in [5.74, 6) is 0.0483. The molecule has 0 unspecified atom stereocenters. The fourth-order valence-electron chi connectivity index (χ4n) is 5.59. The van der Waals surface area contributed by atoms with Gasteiger partial charge in [0.1, 0.15) is 6.61 Å². The Labute approximate surface area is 352 Å². The number of fused-ring (bicyclic) bond motifs is 3. The van der Waals surface area contributed by atoms with E-state index in [-0.39, 0.29) is 5.92 Å². The maximum atomic E-state index is 12.3. The third-order valence-corrected chi connectivity index (χ3v) is 8.72. The van der Waals surface area contributed by atoms with Crippen molar-refractivity contribution in [2.75, 3.05) is 177 Å². The summed E-state index contributed by atoms with van der Waals surface area (Å²) in [5.41, 5.74) is 4.81. The van der Waals surface area contributed by atoms with E-state index in [0.717, 1.165) is 5.33 Å². The first-order chi connectivity index (χ1) is 28.8. The average molecular weight is 889 g/mol. The molecule has 0 radical (unpaired) electrons. The van der Waals surface area contributed by atoms with Gasteiger partial charge in [-0.15, -0.1) is 0 Å². The summed E-state index contributed by atoms with van der Waals surface area (Å²) in [6, 6.07) is 16.6. The Kier molecular flexibility index (Phi) is 31.6. The van der Waals surface area contributed by atoms with Crippen molar-refractivity contribution in [2.24, 2.45) is 0 Å². The van der Waals surface area contributed by atoms with Gasteiger partial charge in [-0.2, -0.15) is 0 Å². The van der Waals surface area contributed by atoms with E-state index in [0.29, 0.717) is 178 Å². The van der Waals surface area contributed by atoms with E-state index < -0.39 is 6.09 Å². The molecule has 0 atom stereocenters. The minimum absolute atomic E-state index is 0.0483. The molecule has 0 spiro atoms. The number of alkyl carbamates (subject to hydrolysis) is 1. The number of carbonyl (C=O) groups excluding carboxylic acids is 1. The Bertz CT molecular complexity index is 1220. The molecule has 2 aromatic carbocycles. The van der Waals surface area contributed by atoms with E-state index in [9.17, 15) is 4.79 Å². The van der Waals surface area contributed by atoms with Crippen LogP contribution >= 0.6 is 15.9 Å². The molecule has 330 valence electrons. The minimum Gasteiger partial charge on any atom is -0.449 e. The maximum absolute atomic E-state index is 12.3. The third kappa shape index (κ3) is 24.7. The number of hydrogen-bond donors (Lipinski definition) is 1. The Morgan fingerprint density at radius 1 is 0.431 bits per heavy atom. The van der Waals surface area contributed by atoms with Gasteiger partial charge in [0.15, 0.2) is 0 Å². The summed E-state index contributed by atoms with van der Waals surface area (Å²) in [7, 11) is 0. The lowest BCUT2D eigenvalue weighted by molar-refractivity contribution is -0.0282. The Morgan fingerprint density at radius 2 is 0.724 bits per heavy atom. The maximum Gasteiger partial charge on any atom is 0.407 e. The van der Waals surface area contributed by atoms with E-state index in [1.54, 1.807) is 0 Å². The molecule has 0 heterocycles. The number of benzene rings is 2. The molecule has 0 bridgehead atoms. The van der Waals surface area contributed by atoms with Gasteiger partial charge in [0.05, 0.1) is 152 Å². The van der Waals surface area contributed by atoms with Crippen LogP contribution in [0.5, 0.6) is 0 Å². The largest absolute Gasteiger partial charge is 0.449 e. The quantitative estimate of drug-likeness (QED) is 0.0738. The number of ether oxygens (including phenoxy) is 13. The van der Waals surface area contributed by atoms with Crippen molar-refractivity contribution in [3.8, 4) is 11.1 Å². The number of alkyl halides is 1. The zero-order valence-corrected chi connectivity index (χ0v) is 35.7. The zero-order valence-electron chi connectivity index (χ0n) is 34.1. The first kappa shape index (κ1) is 50.1. The lowest BCUT2D eigenvalue weighted by Gasteiger charge is -2.14. The average Bonchev–Trinajstić information content (AvgIpc) is 3.57. The number of carbonyl (C=O) groups is 1. The molecular weight excluding hydrogens is 822 g/mol. The van der Waals surface area contributed by atoms with Crippen molar-refractivity contribution in [3.05, 3.63) is 59.7 Å². The monoisotopic (exact) mass is 887 g/mol. The highest BCUT2D eigenvalue weighted by molar-refractivity contribution is 9.09. The number of amides is 1. The van der Waals surface area contributed by atoms with Crippen LogP contribution < -0.4 is 5.32 Å². The van der Waals surface area contributed by atoms with Crippen molar-refractivity contribution in [1.29, 1.82) is 0 Å². The van der Waals surface area contributed by atoms with Crippen LogP contribution in [0.3, 0.4) is 0 Å². The summed E-state index contributed by atoms with van der Waals surface area (Å²) >= 11 is 3.30. The van der Waals surface area contributed by atoms with Crippen LogP contribution in [0.1, 0.15) is 23.5 Å². The lowest BCUT2D eigenvalue weighted by atomic mass is 9.98. The Hall–Kier alpha value is -2.29. The van der Waals surface area contributed by atoms with E-state index in [1.807, 2.05) is 24.3 Å². The van der Waals surface area contributed by atoms with Crippen molar-refractivity contribution < 1.29 is 66.4 Å². The van der Waals surface area contributed by atoms with Gasteiger partial charge in [-0.25, -0.2) is 4.79 Å². The van der Waals surface area contributed by atoms with Crippen LogP contribution in [0, 0.1) is 0 Å². The van der Waals surface area contributed by atoms with Crippen molar-refractivity contribution in [2.45, 2.75) is 12.3 Å². The van der Waals surface area contributed by atoms with Crippen LogP contribution in [-0.4, -0.2) is 183 Å². The highest BCUT2D eigenvalue weighted by Crippen LogP contribution is 2.44. The molecule has 2 aromatic rings.